The minimum atomic E-state index is -0.945. The van der Waals surface area contributed by atoms with Crippen LogP contribution in [0.3, 0.4) is 0 Å². The first-order valence-electron chi connectivity index (χ1n) is 8.81. The molecule has 4 nitrogen and oxygen atoms in total. The fourth-order valence-electron chi connectivity index (χ4n) is 2.77. The van der Waals surface area contributed by atoms with Gasteiger partial charge in [0.05, 0.1) is 5.92 Å². The van der Waals surface area contributed by atoms with Gasteiger partial charge >= 0.3 is 5.97 Å². The summed E-state index contributed by atoms with van der Waals surface area (Å²) >= 11 is 0. The molecule has 0 aliphatic carbocycles. The van der Waals surface area contributed by atoms with Gasteiger partial charge in [-0.3, -0.25) is 9.59 Å². The first-order valence-corrected chi connectivity index (χ1v) is 8.81. The van der Waals surface area contributed by atoms with E-state index in [1.54, 1.807) is 4.90 Å². The molecule has 1 amide bonds. The highest BCUT2D eigenvalue weighted by atomic mass is 16.4. The van der Waals surface area contributed by atoms with Gasteiger partial charge in [0.2, 0.25) is 5.91 Å². The van der Waals surface area contributed by atoms with Gasteiger partial charge in [0.25, 0.3) is 0 Å². The van der Waals surface area contributed by atoms with E-state index in [2.05, 4.69) is 20.8 Å². The highest BCUT2D eigenvalue weighted by Gasteiger charge is 2.26. The third kappa shape index (κ3) is 5.66. The summed E-state index contributed by atoms with van der Waals surface area (Å²) in [4.78, 5) is 26.0. The molecule has 0 saturated heterocycles. The van der Waals surface area contributed by atoms with E-state index in [4.69, 9.17) is 0 Å². The molecule has 1 atom stereocenters. The van der Waals surface area contributed by atoms with E-state index >= 15 is 0 Å². The average Bonchev–Trinajstić information content (AvgIpc) is 2.51. The molecule has 0 aliphatic heterocycles. The fraction of sp³-hybridized carbons (Fsp3) is 0.600. The Kier molecular flexibility index (Phi) is 7.46. The van der Waals surface area contributed by atoms with Crippen LogP contribution in [-0.4, -0.2) is 35.0 Å². The Labute approximate surface area is 145 Å². The molecule has 1 aromatic rings. The number of rotatable bonds is 8. The minimum absolute atomic E-state index is 0.0181. The summed E-state index contributed by atoms with van der Waals surface area (Å²) < 4.78 is 0. The van der Waals surface area contributed by atoms with Crippen molar-refractivity contribution in [2.75, 3.05) is 13.1 Å². The van der Waals surface area contributed by atoms with E-state index in [9.17, 15) is 14.7 Å². The average molecular weight is 333 g/mol. The highest BCUT2D eigenvalue weighted by molar-refractivity contribution is 5.85. The quantitative estimate of drug-likeness (QED) is 0.776. The molecule has 0 heterocycles. The molecule has 1 unspecified atom stereocenters. The van der Waals surface area contributed by atoms with Crippen molar-refractivity contribution in [3.8, 4) is 0 Å². The minimum Gasteiger partial charge on any atom is -0.481 e. The number of nitrogens with zero attached hydrogens (tertiary/aromatic N) is 1. The lowest BCUT2D eigenvalue weighted by atomic mass is 9.85. The summed E-state index contributed by atoms with van der Waals surface area (Å²) in [6, 6.07) is 7.62. The molecule has 0 radical (unpaired) electrons. The van der Waals surface area contributed by atoms with E-state index in [0.29, 0.717) is 18.7 Å². The second-order valence-electron chi connectivity index (χ2n) is 7.35. The SMILES string of the molecule is CCCN(CCC)C(=O)CC(C(=O)O)c1ccc(C(C)(C)C)cc1. The predicted molar refractivity (Wildman–Crippen MR) is 97.3 cm³/mol. The third-order valence-corrected chi connectivity index (χ3v) is 4.20. The van der Waals surface area contributed by atoms with Crippen molar-refractivity contribution in [1.82, 2.24) is 4.90 Å². The largest absolute Gasteiger partial charge is 0.481 e. The Morgan fingerprint density at radius 2 is 1.54 bits per heavy atom. The summed E-state index contributed by atoms with van der Waals surface area (Å²) in [6.45, 7) is 11.8. The van der Waals surface area contributed by atoms with Gasteiger partial charge in [0, 0.05) is 19.5 Å². The van der Waals surface area contributed by atoms with Crippen molar-refractivity contribution in [3.63, 3.8) is 0 Å². The number of hydrogen-bond acceptors (Lipinski definition) is 2. The first-order chi connectivity index (χ1) is 11.2. The Morgan fingerprint density at radius 3 is 1.92 bits per heavy atom. The zero-order valence-corrected chi connectivity index (χ0v) is 15.6. The van der Waals surface area contributed by atoms with Gasteiger partial charge in [0.1, 0.15) is 0 Å². The lowest BCUT2D eigenvalue weighted by molar-refractivity contribution is -0.142. The molecule has 1 N–H and O–H groups in total. The number of amides is 1. The smallest absolute Gasteiger partial charge is 0.311 e. The van der Waals surface area contributed by atoms with Gasteiger partial charge in [-0.2, -0.15) is 0 Å². The number of carboxylic acids is 1. The molecular weight excluding hydrogens is 302 g/mol. The van der Waals surface area contributed by atoms with E-state index in [-0.39, 0.29) is 17.7 Å². The normalized spacial score (nSPS) is 12.7. The monoisotopic (exact) mass is 333 g/mol. The fourth-order valence-corrected chi connectivity index (χ4v) is 2.77. The van der Waals surface area contributed by atoms with Gasteiger partial charge in [-0.25, -0.2) is 0 Å². The Bertz CT molecular complexity index is 537. The molecular formula is C20H31NO3. The molecule has 0 fully saturated rings. The van der Waals surface area contributed by atoms with Crippen molar-refractivity contribution in [2.45, 2.75) is 65.2 Å². The molecule has 0 aliphatic rings. The molecule has 0 saturated carbocycles. The summed E-state index contributed by atoms with van der Waals surface area (Å²) in [5, 5.41) is 9.58. The lowest BCUT2D eigenvalue weighted by Gasteiger charge is -2.24. The van der Waals surface area contributed by atoms with Crippen LogP contribution in [0.4, 0.5) is 0 Å². The Balaban J connectivity index is 2.94. The van der Waals surface area contributed by atoms with Crippen molar-refractivity contribution >= 4 is 11.9 Å². The van der Waals surface area contributed by atoms with Crippen LogP contribution < -0.4 is 0 Å². The number of benzene rings is 1. The summed E-state index contributed by atoms with van der Waals surface area (Å²) in [6.07, 6.45) is 1.78. The van der Waals surface area contributed by atoms with E-state index in [1.165, 1.54) is 0 Å². The van der Waals surface area contributed by atoms with Crippen molar-refractivity contribution in [2.24, 2.45) is 0 Å². The summed E-state index contributed by atoms with van der Waals surface area (Å²) in [7, 11) is 0. The summed E-state index contributed by atoms with van der Waals surface area (Å²) in [5.41, 5.74) is 1.86. The van der Waals surface area contributed by atoms with Gasteiger partial charge < -0.3 is 10.0 Å². The van der Waals surface area contributed by atoms with Gasteiger partial charge in [-0.05, 0) is 29.4 Å². The third-order valence-electron chi connectivity index (χ3n) is 4.20. The topological polar surface area (TPSA) is 57.6 Å². The van der Waals surface area contributed by atoms with Gasteiger partial charge in [-0.15, -0.1) is 0 Å². The van der Waals surface area contributed by atoms with Gasteiger partial charge in [-0.1, -0.05) is 58.9 Å². The molecule has 4 heteroatoms. The molecule has 1 rings (SSSR count). The van der Waals surface area contributed by atoms with E-state index < -0.39 is 11.9 Å². The zero-order chi connectivity index (χ0) is 18.3. The highest BCUT2D eigenvalue weighted by Crippen LogP contribution is 2.26. The van der Waals surface area contributed by atoms with Crippen LogP contribution in [0.1, 0.15) is 70.9 Å². The first kappa shape index (κ1) is 20.2. The zero-order valence-electron chi connectivity index (χ0n) is 15.6. The molecule has 0 bridgehead atoms. The van der Waals surface area contributed by atoms with Crippen molar-refractivity contribution in [1.29, 1.82) is 0 Å². The second-order valence-corrected chi connectivity index (χ2v) is 7.35. The molecule has 134 valence electrons. The molecule has 1 aromatic carbocycles. The lowest BCUT2D eigenvalue weighted by Crippen LogP contribution is -2.34. The maximum atomic E-state index is 12.5. The van der Waals surface area contributed by atoms with Crippen molar-refractivity contribution < 1.29 is 14.7 Å². The molecule has 0 aromatic heterocycles. The standard InChI is InChI=1S/C20H31NO3/c1-6-12-21(13-7-2)18(22)14-17(19(23)24)15-8-10-16(11-9-15)20(3,4)5/h8-11,17H,6-7,12-14H2,1-5H3,(H,23,24). The molecule has 24 heavy (non-hydrogen) atoms. The van der Waals surface area contributed by atoms with Crippen molar-refractivity contribution in [3.05, 3.63) is 35.4 Å². The number of hydrogen-bond donors (Lipinski definition) is 1. The predicted octanol–water partition coefficient (Wildman–Crippen LogP) is 4.19. The number of aliphatic carboxylic acids is 1. The van der Waals surface area contributed by atoms with Gasteiger partial charge in [0.15, 0.2) is 0 Å². The maximum Gasteiger partial charge on any atom is 0.311 e. The van der Waals surface area contributed by atoms with Crippen LogP contribution in [0.5, 0.6) is 0 Å². The second kappa shape index (κ2) is 8.86. The number of carboxylic acid groups (broad SMARTS) is 1. The van der Waals surface area contributed by atoms with E-state index in [0.717, 1.165) is 18.4 Å². The number of carbonyl (C=O) groups excluding carboxylic acids is 1. The van der Waals surface area contributed by atoms with Crippen LogP contribution >= 0.6 is 0 Å². The maximum absolute atomic E-state index is 12.5. The van der Waals surface area contributed by atoms with Crippen LogP contribution in [-0.2, 0) is 15.0 Å². The Morgan fingerprint density at radius 1 is 1.04 bits per heavy atom. The van der Waals surface area contributed by atoms with Crippen LogP contribution in [0.25, 0.3) is 0 Å². The van der Waals surface area contributed by atoms with Crippen LogP contribution in [0.2, 0.25) is 0 Å². The van der Waals surface area contributed by atoms with Crippen LogP contribution in [0.15, 0.2) is 24.3 Å². The number of carbonyl (C=O) groups is 2. The molecule has 0 spiro atoms. The van der Waals surface area contributed by atoms with E-state index in [1.807, 2.05) is 38.1 Å². The Hall–Kier alpha value is -1.84. The summed E-state index contributed by atoms with van der Waals surface area (Å²) in [5.74, 6) is -1.81. The van der Waals surface area contributed by atoms with Crippen LogP contribution in [0, 0.1) is 0 Å².